The Morgan fingerprint density at radius 1 is 2.00 bits per heavy atom. The van der Waals surface area contributed by atoms with Crippen molar-refractivity contribution in [3.8, 4) is 0 Å². The van der Waals surface area contributed by atoms with Crippen LogP contribution in [0.15, 0.2) is 4.74 Å². The third-order valence-electron chi connectivity index (χ3n) is 0.447. The molecule has 0 aromatic heterocycles. The minimum Gasteiger partial charge on any atom is -0.272 e. The zero-order valence-corrected chi connectivity index (χ0v) is 5.07. The molecule has 0 heterocycles. The van der Waals surface area contributed by atoms with Gasteiger partial charge in [0.25, 0.3) is 0 Å². The van der Waals surface area contributed by atoms with Gasteiger partial charge in [-0.1, -0.05) is 13.8 Å². The highest BCUT2D eigenvalue weighted by molar-refractivity contribution is 7.03. The van der Waals surface area contributed by atoms with Crippen LogP contribution in [-0.2, 0) is 0 Å². The lowest BCUT2D eigenvalue weighted by Crippen LogP contribution is -1.87. The average Bonchev–Trinajstić information content (AvgIpc) is 1.61. The molecule has 0 aromatic carbocycles. The van der Waals surface area contributed by atoms with Gasteiger partial charge in [0.05, 0.1) is 0 Å². The molecule has 0 aliphatic carbocycles. The molecule has 0 saturated heterocycles. The van der Waals surface area contributed by atoms with Crippen molar-refractivity contribution in [1.82, 2.24) is 0 Å². The molecule has 0 unspecified atom stereocenters. The van der Waals surface area contributed by atoms with Crippen molar-refractivity contribution in [2.45, 2.75) is 13.8 Å². The number of hydrogen-bond acceptors (Lipinski definition) is 1. The quantitative estimate of drug-likeness (QED) is 0.474. The standard InChI is InChI=1S/C4H10NP/c1-4(2)3-5-6/h4,6H,3H2,1-2H3/i6H. The smallest absolute Gasteiger partial charge is 0.114 e. The number of nitrogens with zero attached hydrogens (tertiary/aromatic N) is 1. The largest absolute Gasteiger partial charge is 0.272 e. The van der Waals surface area contributed by atoms with E-state index < -0.39 is 0 Å². The fourth-order valence-corrected chi connectivity index (χ4v) is 0.490. The summed E-state index contributed by atoms with van der Waals surface area (Å²) in [6.45, 7) is 5.01. The first kappa shape index (κ1) is 4.26. The van der Waals surface area contributed by atoms with E-state index in [4.69, 9.17) is 1.28 Å². The lowest BCUT2D eigenvalue weighted by Gasteiger charge is -1.91. The molecule has 0 aliphatic heterocycles. The van der Waals surface area contributed by atoms with Gasteiger partial charge in [-0.2, -0.15) is 0 Å². The molecular formula is C4H10NP. The first-order valence-corrected chi connectivity index (χ1v) is 2.48. The van der Waals surface area contributed by atoms with Crippen LogP contribution in [0.2, 0.25) is 0 Å². The highest BCUT2D eigenvalue weighted by Gasteiger charge is 1.84. The summed E-state index contributed by atoms with van der Waals surface area (Å²) in [6.07, 6.45) is 0. The van der Waals surface area contributed by atoms with Gasteiger partial charge in [0.15, 0.2) is 0 Å². The second-order valence-corrected chi connectivity index (χ2v) is 2.00. The molecule has 0 aliphatic rings. The van der Waals surface area contributed by atoms with E-state index >= 15 is 0 Å². The molecule has 0 aromatic rings. The Balaban J connectivity index is 2.97. The second kappa shape index (κ2) is 3.30. The van der Waals surface area contributed by atoms with E-state index in [0.29, 0.717) is 14.9 Å². The number of rotatable bonds is 2. The maximum atomic E-state index is 6.60. The molecule has 6 heavy (non-hydrogen) atoms. The van der Waals surface area contributed by atoms with Crippen LogP contribution < -0.4 is 0 Å². The summed E-state index contributed by atoms with van der Waals surface area (Å²) in [6, 6.07) is 0. The van der Waals surface area contributed by atoms with Crippen molar-refractivity contribution < 1.29 is 0 Å². The zero-order valence-electron chi connectivity index (χ0n) is 5.18. The van der Waals surface area contributed by atoms with Crippen molar-refractivity contribution in [2.75, 3.05) is 6.54 Å². The third kappa shape index (κ3) is 4.10. The second-order valence-electron chi connectivity index (χ2n) is 1.72. The van der Waals surface area contributed by atoms with E-state index in [1.54, 1.807) is 0 Å². The molecule has 2 heteroatoms. The van der Waals surface area contributed by atoms with Gasteiger partial charge in [-0.25, -0.2) is 0 Å². The van der Waals surface area contributed by atoms with Gasteiger partial charge >= 0.3 is 0 Å². The van der Waals surface area contributed by atoms with E-state index in [9.17, 15) is 0 Å². The van der Waals surface area contributed by atoms with E-state index in [-0.39, 0.29) is 0 Å². The highest BCUT2D eigenvalue weighted by atomic mass is 31.0. The van der Waals surface area contributed by atoms with Gasteiger partial charge in [0.2, 0.25) is 0 Å². The van der Waals surface area contributed by atoms with Crippen molar-refractivity contribution in [3.05, 3.63) is 0 Å². The normalized spacial score (nSPS) is 13.5. The molecule has 0 amide bonds. The summed E-state index contributed by atoms with van der Waals surface area (Å²) in [5.74, 6) is 0.609. The minimum atomic E-state index is 0.415. The fourth-order valence-electron chi connectivity index (χ4n) is 0.163. The molecule has 0 N–H and O–H groups in total. The molecular weight excluding hydrogens is 93.0 g/mol. The predicted octanol–water partition coefficient (Wildman–Crippen LogP) is 1.97. The topological polar surface area (TPSA) is 12.4 Å². The molecule has 0 saturated carbocycles. The Labute approximate surface area is 42.4 Å². The number of hydrogen-bond donors (Lipinski definition) is 0. The van der Waals surface area contributed by atoms with Gasteiger partial charge in [-0.05, 0) is 14.9 Å². The lowest BCUT2D eigenvalue weighted by atomic mass is 10.2. The van der Waals surface area contributed by atoms with Gasteiger partial charge in [0, 0.05) is 6.54 Å². The summed E-state index contributed by atoms with van der Waals surface area (Å²) < 4.78 is 10.4. The van der Waals surface area contributed by atoms with Crippen molar-refractivity contribution >= 4 is 8.98 Å². The van der Waals surface area contributed by atoms with Crippen LogP contribution in [0.5, 0.6) is 0 Å². The molecule has 36 valence electrons. The van der Waals surface area contributed by atoms with E-state index in [2.05, 4.69) is 18.6 Å². The maximum Gasteiger partial charge on any atom is 0.114 e. The van der Waals surface area contributed by atoms with Crippen LogP contribution in [0.3, 0.4) is 0 Å². The molecule has 0 spiro atoms. The molecule has 0 rings (SSSR count). The summed E-state index contributed by atoms with van der Waals surface area (Å²) in [5.41, 5.74) is 0. The Hall–Kier alpha value is 0.100. The zero-order chi connectivity index (χ0) is 5.70. The minimum absolute atomic E-state index is 0.415. The fraction of sp³-hybridized carbons (Fsp3) is 1.00. The van der Waals surface area contributed by atoms with Crippen LogP contribution in [-0.4, -0.2) is 7.82 Å². The average molecular weight is 103 g/mol. The molecule has 0 radical (unpaired) electrons. The Kier molecular flexibility index (Phi) is 2.34. The van der Waals surface area contributed by atoms with Crippen LogP contribution in [0.25, 0.3) is 0 Å². The summed E-state index contributed by atoms with van der Waals surface area (Å²) >= 11 is 0. The van der Waals surface area contributed by atoms with Crippen molar-refractivity contribution in [3.63, 3.8) is 0 Å². The Morgan fingerprint density at radius 3 is 2.83 bits per heavy atom. The predicted molar refractivity (Wildman–Crippen MR) is 30.4 cm³/mol. The highest BCUT2D eigenvalue weighted by Crippen LogP contribution is 1.91. The van der Waals surface area contributed by atoms with E-state index in [1.807, 2.05) is 0 Å². The van der Waals surface area contributed by atoms with Crippen LogP contribution in [0, 0.1) is 5.92 Å². The Bertz CT molecular complexity index is 62.7. The van der Waals surface area contributed by atoms with Gasteiger partial charge in [-0.3, -0.25) is 4.74 Å². The van der Waals surface area contributed by atoms with Gasteiger partial charge in [-0.15, -0.1) is 0 Å². The molecule has 0 atom stereocenters. The lowest BCUT2D eigenvalue weighted by molar-refractivity contribution is 0.671. The van der Waals surface area contributed by atoms with Crippen molar-refractivity contribution in [2.24, 2.45) is 10.7 Å². The summed E-state index contributed by atoms with van der Waals surface area (Å²) in [7, 11) is 0.415. The molecule has 0 fully saturated rings. The van der Waals surface area contributed by atoms with Gasteiger partial charge in [0.1, 0.15) is 1.28 Å². The SMILES string of the molecule is [1H]P=NCC(C)C. The van der Waals surface area contributed by atoms with Crippen LogP contribution >= 0.6 is 8.98 Å². The Morgan fingerprint density at radius 2 is 2.67 bits per heavy atom. The van der Waals surface area contributed by atoms with Crippen molar-refractivity contribution in [1.29, 1.82) is 1.28 Å². The van der Waals surface area contributed by atoms with Crippen LogP contribution in [0.4, 0.5) is 0 Å². The van der Waals surface area contributed by atoms with E-state index in [1.165, 1.54) is 0 Å². The summed E-state index contributed by atoms with van der Waals surface area (Å²) in [4.78, 5) is 0. The molecule has 1 nitrogen and oxygen atoms in total. The first-order chi connectivity index (χ1) is 3.27. The third-order valence-corrected chi connectivity index (χ3v) is 0.610. The van der Waals surface area contributed by atoms with E-state index in [0.717, 1.165) is 6.54 Å². The monoisotopic (exact) mass is 103 g/mol. The van der Waals surface area contributed by atoms with Gasteiger partial charge < -0.3 is 0 Å². The van der Waals surface area contributed by atoms with Crippen LogP contribution in [0.1, 0.15) is 13.8 Å². The first-order valence-electron chi connectivity index (χ1n) is 2.53. The maximum absolute atomic E-state index is 6.60. The summed E-state index contributed by atoms with van der Waals surface area (Å²) in [5, 5.41) is 0. The molecule has 0 bridgehead atoms.